The maximum atomic E-state index is 12.2. The van der Waals surface area contributed by atoms with Crippen LogP contribution in [0.2, 0.25) is 0 Å². The Bertz CT molecular complexity index is 334. The first-order chi connectivity index (χ1) is 7.06. The molecular formula is C13H24N2O. The van der Waals surface area contributed by atoms with E-state index in [1.54, 1.807) is 0 Å². The van der Waals surface area contributed by atoms with Gasteiger partial charge in [0, 0.05) is 17.7 Å². The van der Waals surface area contributed by atoms with Gasteiger partial charge in [0.2, 0.25) is 5.91 Å². The number of likely N-dealkylation sites (N-methyl/N-ethyl adjacent to an activating group) is 1. The highest BCUT2D eigenvalue weighted by atomic mass is 16.2. The molecule has 1 aliphatic rings. The Morgan fingerprint density at radius 2 is 1.81 bits per heavy atom. The van der Waals surface area contributed by atoms with Gasteiger partial charge in [0.25, 0.3) is 0 Å². The maximum Gasteiger partial charge on any atom is 0.244 e. The summed E-state index contributed by atoms with van der Waals surface area (Å²) < 4.78 is 0. The highest BCUT2D eigenvalue weighted by Crippen LogP contribution is 2.30. The van der Waals surface area contributed by atoms with E-state index in [4.69, 9.17) is 0 Å². The van der Waals surface area contributed by atoms with Crippen LogP contribution in [-0.2, 0) is 4.79 Å². The molecule has 0 bridgehead atoms. The number of carbonyl (C=O) groups excluding carboxylic acids is 1. The number of nitrogens with one attached hydrogen (secondary N) is 1. The third-order valence-electron chi connectivity index (χ3n) is 3.40. The van der Waals surface area contributed by atoms with E-state index in [2.05, 4.69) is 37.9 Å². The number of nitrogens with zero attached hydrogens (tertiary/aromatic N) is 1. The fourth-order valence-electron chi connectivity index (χ4n) is 2.01. The molecule has 0 saturated carbocycles. The van der Waals surface area contributed by atoms with Crippen LogP contribution < -0.4 is 5.32 Å². The largest absolute Gasteiger partial charge is 0.328 e. The molecule has 0 aromatic heterocycles. The molecule has 92 valence electrons. The van der Waals surface area contributed by atoms with E-state index in [9.17, 15) is 4.79 Å². The van der Waals surface area contributed by atoms with E-state index < -0.39 is 5.54 Å². The van der Waals surface area contributed by atoms with Crippen molar-refractivity contribution in [1.29, 1.82) is 0 Å². The van der Waals surface area contributed by atoms with E-state index in [0.29, 0.717) is 0 Å². The van der Waals surface area contributed by atoms with Crippen molar-refractivity contribution in [2.75, 3.05) is 13.6 Å². The predicted octanol–water partition coefficient (Wildman–Crippen LogP) is 2.15. The summed E-state index contributed by atoms with van der Waals surface area (Å²) in [7, 11) is 1.99. The van der Waals surface area contributed by atoms with Gasteiger partial charge in [-0.25, -0.2) is 0 Å². The standard InChI is InChI=1S/C13H24N2O/c1-9-8-15(7)13(5,6)11(16)14-10(9)12(2,3)4/h8H2,1-7H3,(H,14,16). The molecule has 3 nitrogen and oxygen atoms in total. The molecular weight excluding hydrogens is 200 g/mol. The van der Waals surface area contributed by atoms with E-state index in [0.717, 1.165) is 12.2 Å². The molecule has 1 N–H and O–H groups in total. The first-order valence-electron chi connectivity index (χ1n) is 5.79. The number of allylic oxidation sites excluding steroid dienone is 1. The second-order valence-electron chi connectivity index (χ2n) is 6.27. The summed E-state index contributed by atoms with van der Waals surface area (Å²) in [5, 5.41) is 3.09. The van der Waals surface area contributed by atoms with Crippen LogP contribution >= 0.6 is 0 Å². The van der Waals surface area contributed by atoms with Crippen molar-refractivity contribution >= 4 is 5.91 Å². The number of amides is 1. The van der Waals surface area contributed by atoms with Crippen molar-refractivity contribution in [3.05, 3.63) is 11.3 Å². The quantitative estimate of drug-likeness (QED) is 0.684. The lowest BCUT2D eigenvalue weighted by Crippen LogP contribution is -2.51. The molecule has 0 unspecified atom stereocenters. The minimum absolute atomic E-state index is 0.0129. The fraction of sp³-hybridized carbons (Fsp3) is 0.769. The minimum atomic E-state index is -0.450. The molecule has 1 heterocycles. The SMILES string of the molecule is CC1=C(C(C)(C)C)NC(=O)C(C)(C)N(C)C1. The van der Waals surface area contributed by atoms with Crippen LogP contribution in [0, 0.1) is 5.41 Å². The molecule has 0 saturated heterocycles. The average Bonchev–Trinajstić information content (AvgIpc) is 2.16. The van der Waals surface area contributed by atoms with Gasteiger partial charge in [-0.05, 0) is 33.4 Å². The third kappa shape index (κ3) is 2.29. The zero-order valence-electron chi connectivity index (χ0n) is 11.6. The van der Waals surface area contributed by atoms with Gasteiger partial charge in [-0.2, -0.15) is 0 Å². The van der Waals surface area contributed by atoms with Crippen LogP contribution in [0.25, 0.3) is 0 Å². The van der Waals surface area contributed by atoms with Crippen molar-refractivity contribution in [2.45, 2.75) is 47.1 Å². The van der Waals surface area contributed by atoms with Crippen LogP contribution in [-0.4, -0.2) is 29.9 Å². The second-order valence-corrected chi connectivity index (χ2v) is 6.27. The first kappa shape index (κ1) is 13.2. The molecule has 0 aromatic carbocycles. The molecule has 0 fully saturated rings. The van der Waals surface area contributed by atoms with E-state index in [1.807, 2.05) is 20.9 Å². The Kier molecular flexibility index (Phi) is 3.21. The van der Waals surface area contributed by atoms with Crippen molar-refractivity contribution in [2.24, 2.45) is 5.41 Å². The van der Waals surface area contributed by atoms with Crippen LogP contribution in [0.1, 0.15) is 41.5 Å². The number of hydrogen-bond donors (Lipinski definition) is 1. The molecule has 1 amide bonds. The Hall–Kier alpha value is -0.830. The number of rotatable bonds is 0. The first-order valence-corrected chi connectivity index (χ1v) is 5.79. The zero-order valence-corrected chi connectivity index (χ0v) is 11.6. The summed E-state index contributed by atoms with van der Waals surface area (Å²) in [4.78, 5) is 14.3. The van der Waals surface area contributed by atoms with Gasteiger partial charge in [0.15, 0.2) is 0 Å². The summed E-state index contributed by atoms with van der Waals surface area (Å²) in [5.41, 5.74) is 1.85. The van der Waals surface area contributed by atoms with Gasteiger partial charge in [-0.15, -0.1) is 0 Å². The molecule has 0 spiro atoms. The van der Waals surface area contributed by atoms with Crippen molar-refractivity contribution < 1.29 is 4.79 Å². The normalized spacial score (nSPS) is 23.1. The van der Waals surface area contributed by atoms with E-state index in [-0.39, 0.29) is 11.3 Å². The Morgan fingerprint density at radius 1 is 1.31 bits per heavy atom. The second kappa shape index (κ2) is 3.88. The minimum Gasteiger partial charge on any atom is -0.328 e. The highest BCUT2D eigenvalue weighted by Gasteiger charge is 2.37. The van der Waals surface area contributed by atoms with Crippen LogP contribution in [0.5, 0.6) is 0 Å². The summed E-state index contributed by atoms with van der Waals surface area (Å²) in [6, 6.07) is 0. The molecule has 0 aliphatic carbocycles. The van der Waals surface area contributed by atoms with Gasteiger partial charge in [0.05, 0.1) is 5.54 Å². The summed E-state index contributed by atoms with van der Waals surface area (Å²) >= 11 is 0. The lowest BCUT2D eigenvalue weighted by molar-refractivity contribution is -0.129. The molecule has 0 radical (unpaired) electrons. The zero-order chi connectivity index (χ0) is 12.7. The third-order valence-corrected chi connectivity index (χ3v) is 3.40. The van der Waals surface area contributed by atoms with Crippen LogP contribution in [0.15, 0.2) is 11.3 Å². The Balaban J connectivity index is 3.16. The van der Waals surface area contributed by atoms with Gasteiger partial charge >= 0.3 is 0 Å². The maximum absolute atomic E-state index is 12.2. The molecule has 0 atom stereocenters. The summed E-state index contributed by atoms with van der Waals surface area (Å²) in [6.45, 7) is 13.2. The molecule has 1 rings (SSSR count). The fourth-order valence-corrected chi connectivity index (χ4v) is 2.01. The molecule has 0 aromatic rings. The van der Waals surface area contributed by atoms with Crippen molar-refractivity contribution in [3.63, 3.8) is 0 Å². The van der Waals surface area contributed by atoms with Gasteiger partial charge in [-0.1, -0.05) is 20.8 Å². The van der Waals surface area contributed by atoms with Crippen LogP contribution in [0.4, 0.5) is 0 Å². The number of hydrogen-bond acceptors (Lipinski definition) is 2. The van der Waals surface area contributed by atoms with E-state index in [1.165, 1.54) is 5.57 Å². The van der Waals surface area contributed by atoms with Gasteiger partial charge in [-0.3, -0.25) is 9.69 Å². The molecule has 16 heavy (non-hydrogen) atoms. The molecule has 1 aliphatic heterocycles. The lowest BCUT2D eigenvalue weighted by Gasteiger charge is -2.32. The Morgan fingerprint density at radius 3 is 2.25 bits per heavy atom. The van der Waals surface area contributed by atoms with Crippen LogP contribution in [0.3, 0.4) is 0 Å². The van der Waals surface area contributed by atoms with Gasteiger partial charge < -0.3 is 5.32 Å². The van der Waals surface area contributed by atoms with Crippen molar-refractivity contribution in [1.82, 2.24) is 10.2 Å². The highest BCUT2D eigenvalue weighted by molar-refractivity contribution is 5.87. The lowest BCUT2D eigenvalue weighted by atomic mass is 9.89. The van der Waals surface area contributed by atoms with Gasteiger partial charge in [0.1, 0.15) is 0 Å². The monoisotopic (exact) mass is 224 g/mol. The summed E-state index contributed by atoms with van der Waals surface area (Å²) in [5.74, 6) is 0.0803. The van der Waals surface area contributed by atoms with Crippen molar-refractivity contribution in [3.8, 4) is 0 Å². The van der Waals surface area contributed by atoms with E-state index >= 15 is 0 Å². The molecule has 3 heteroatoms. The number of carbonyl (C=O) groups is 1. The summed E-state index contributed by atoms with van der Waals surface area (Å²) in [6.07, 6.45) is 0. The predicted molar refractivity (Wildman–Crippen MR) is 67.0 cm³/mol. The Labute approximate surface area is 98.9 Å². The smallest absolute Gasteiger partial charge is 0.244 e. The average molecular weight is 224 g/mol. The topological polar surface area (TPSA) is 32.3 Å².